The first kappa shape index (κ1) is 14.1. The molecule has 104 valence electrons. The molecule has 0 aliphatic carbocycles. The third-order valence-corrected chi connectivity index (χ3v) is 3.52. The Morgan fingerprint density at radius 2 is 1.95 bits per heavy atom. The molecule has 0 unspecified atom stereocenters. The Hall–Kier alpha value is -2.28. The number of carbonyl (C=O) groups excluding carboxylic acids is 2. The molecule has 20 heavy (non-hydrogen) atoms. The van der Waals surface area contributed by atoms with Gasteiger partial charge in [-0.3, -0.25) is 9.69 Å². The fourth-order valence-electron chi connectivity index (χ4n) is 2.26. The molecule has 1 atom stereocenters. The van der Waals surface area contributed by atoms with E-state index in [2.05, 4.69) is 17.2 Å². The molecule has 0 saturated carbocycles. The van der Waals surface area contributed by atoms with Crippen LogP contribution in [0.1, 0.15) is 25.8 Å². The van der Waals surface area contributed by atoms with Gasteiger partial charge in [-0.2, -0.15) is 0 Å². The fourth-order valence-corrected chi connectivity index (χ4v) is 2.26. The molecular weight excluding hydrogens is 252 g/mol. The summed E-state index contributed by atoms with van der Waals surface area (Å²) >= 11 is 0. The Bertz CT molecular complexity index is 571. The molecule has 1 heterocycles. The SMILES string of the molecule is CC#CCN1C(=O)N[C@](C)(CCc2ccccc2)C1=O. The number of imide groups is 1. The van der Waals surface area contributed by atoms with Crippen molar-refractivity contribution < 1.29 is 9.59 Å². The lowest BCUT2D eigenvalue weighted by atomic mass is 9.93. The summed E-state index contributed by atoms with van der Waals surface area (Å²) in [6.45, 7) is 3.62. The van der Waals surface area contributed by atoms with Crippen molar-refractivity contribution in [1.82, 2.24) is 10.2 Å². The largest absolute Gasteiger partial charge is 0.325 e. The van der Waals surface area contributed by atoms with Gasteiger partial charge >= 0.3 is 6.03 Å². The average Bonchev–Trinajstić information content (AvgIpc) is 2.67. The molecule has 0 aromatic heterocycles. The minimum Gasteiger partial charge on any atom is -0.323 e. The molecule has 1 aliphatic rings. The zero-order valence-electron chi connectivity index (χ0n) is 11.8. The van der Waals surface area contributed by atoms with Gasteiger partial charge in [0.25, 0.3) is 5.91 Å². The van der Waals surface area contributed by atoms with Gasteiger partial charge in [0.05, 0.1) is 6.54 Å². The Labute approximate surface area is 119 Å². The number of nitrogens with one attached hydrogen (secondary N) is 1. The normalized spacial score (nSPS) is 21.4. The first-order valence-corrected chi connectivity index (χ1v) is 6.64. The van der Waals surface area contributed by atoms with Crippen LogP contribution in [0, 0.1) is 11.8 Å². The van der Waals surface area contributed by atoms with Gasteiger partial charge in [-0.15, -0.1) is 5.92 Å². The third-order valence-electron chi connectivity index (χ3n) is 3.52. The predicted molar refractivity (Wildman–Crippen MR) is 76.9 cm³/mol. The number of amides is 3. The van der Waals surface area contributed by atoms with E-state index in [1.807, 2.05) is 30.3 Å². The molecule has 4 nitrogen and oxygen atoms in total. The molecule has 1 aliphatic heterocycles. The summed E-state index contributed by atoms with van der Waals surface area (Å²) < 4.78 is 0. The van der Waals surface area contributed by atoms with Crippen molar-refractivity contribution >= 4 is 11.9 Å². The molecular formula is C16H18N2O2. The van der Waals surface area contributed by atoms with Crippen LogP contribution in [0.25, 0.3) is 0 Å². The lowest BCUT2D eigenvalue weighted by Crippen LogP contribution is -2.44. The quantitative estimate of drug-likeness (QED) is 0.671. The zero-order valence-corrected chi connectivity index (χ0v) is 11.8. The zero-order chi connectivity index (χ0) is 14.6. The number of nitrogens with zero attached hydrogens (tertiary/aromatic N) is 1. The van der Waals surface area contributed by atoms with Gasteiger partial charge in [0.1, 0.15) is 5.54 Å². The molecule has 1 aromatic carbocycles. The highest BCUT2D eigenvalue weighted by atomic mass is 16.2. The maximum absolute atomic E-state index is 12.3. The smallest absolute Gasteiger partial charge is 0.323 e. The highest BCUT2D eigenvalue weighted by molar-refractivity contribution is 6.07. The summed E-state index contributed by atoms with van der Waals surface area (Å²) in [5.74, 6) is 5.26. The number of hydrogen-bond donors (Lipinski definition) is 1. The number of aryl methyl sites for hydroxylation is 1. The summed E-state index contributed by atoms with van der Waals surface area (Å²) in [5.41, 5.74) is 0.324. The van der Waals surface area contributed by atoms with Gasteiger partial charge in [0.15, 0.2) is 0 Å². The second-order valence-electron chi connectivity index (χ2n) is 5.07. The monoisotopic (exact) mass is 270 g/mol. The van der Waals surface area contributed by atoms with Crippen LogP contribution in [-0.4, -0.2) is 28.9 Å². The van der Waals surface area contributed by atoms with Crippen LogP contribution in [0.4, 0.5) is 4.79 Å². The van der Waals surface area contributed by atoms with Crippen molar-refractivity contribution in [1.29, 1.82) is 0 Å². The van der Waals surface area contributed by atoms with Gasteiger partial charge in [0.2, 0.25) is 0 Å². The topological polar surface area (TPSA) is 49.4 Å². The number of urea groups is 1. The van der Waals surface area contributed by atoms with Gasteiger partial charge in [0, 0.05) is 0 Å². The first-order valence-electron chi connectivity index (χ1n) is 6.64. The number of carbonyl (C=O) groups is 2. The van der Waals surface area contributed by atoms with Crippen LogP contribution in [0.15, 0.2) is 30.3 Å². The predicted octanol–water partition coefficient (Wildman–Crippen LogP) is 1.95. The van der Waals surface area contributed by atoms with E-state index in [1.165, 1.54) is 4.90 Å². The molecule has 0 radical (unpaired) electrons. The highest BCUT2D eigenvalue weighted by Gasteiger charge is 2.46. The van der Waals surface area contributed by atoms with Crippen molar-refractivity contribution in [3.8, 4) is 11.8 Å². The minimum atomic E-state index is -0.831. The molecule has 1 saturated heterocycles. The van der Waals surface area contributed by atoms with E-state index in [4.69, 9.17) is 0 Å². The molecule has 4 heteroatoms. The minimum absolute atomic E-state index is 0.155. The van der Waals surface area contributed by atoms with Crippen molar-refractivity contribution in [2.75, 3.05) is 6.54 Å². The summed E-state index contributed by atoms with van der Waals surface area (Å²) in [6, 6.07) is 9.58. The third kappa shape index (κ3) is 2.83. The summed E-state index contributed by atoms with van der Waals surface area (Å²) in [5, 5.41) is 2.78. The van der Waals surface area contributed by atoms with Crippen LogP contribution in [0.5, 0.6) is 0 Å². The summed E-state index contributed by atoms with van der Waals surface area (Å²) in [7, 11) is 0. The van der Waals surface area contributed by atoms with Crippen molar-refractivity contribution in [2.24, 2.45) is 0 Å². The van der Waals surface area contributed by atoms with Crippen molar-refractivity contribution in [3.05, 3.63) is 35.9 Å². The van der Waals surface area contributed by atoms with E-state index in [9.17, 15) is 9.59 Å². The molecule has 3 amide bonds. The summed E-state index contributed by atoms with van der Waals surface area (Å²) in [6.07, 6.45) is 1.33. The maximum atomic E-state index is 12.3. The molecule has 0 bridgehead atoms. The van der Waals surface area contributed by atoms with Gasteiger partial charge < -0.3 is 5.32 Å². The van der Waals surface area contributed by atoms with E-state index in [0.29, 0.717) is 6.42 Å². The van der Waals surface area contributed by atoms with E-state index in [-0.39, 0.29) is 18.5 Å². The Balaban J connectivity index is 2.05. The second kappa shape index (κ2) is 5.79. The number of benzene rings is 1. The molecule has 1 fully saturated rings. The van der Waals surface area contributed by atoms with Crippen LogP contribution >= 0.6 is 0 Å². The highest BCUT2D eigenvalue weighted by Crippen LogP contribution is 2.22. The Morgan fingerprint density at radius 3 is 2.60 bits per heavy atom. The number of hydrogen-bond acceptors (Lipinski definition) is 2. The van der Waals surface area contributed by atoms with Crippen LogP contribution in [0.3, 0.4) is 0 Å². The second-order valence-corrected chi connectivity index (χ2v) is 5.07. The molecule has 1 N–H and O–H groups in total. The molecule has 0 spiro atoms. The van der Waals surface area contributed by atoms with Gasteiger partial charge in [-0.25, -0.2) is 4.79 Å². The van der Waals surface area contributed by atoms with E-state index in [1.54, 1.807) is 13.8 Å². The molecule has 2 rings (SSSR count). The van der Waals surface area contributed by atoms with Crippen LogP contribution in [-0.2, 0) is 11.2 Å². The van der Waals surface area contributed by atoms with E-state index in [0.717, 1.165) is 12.0 Å². The Kier molecular flexibility index (Phi) is 4.09. The van der Waals surface area contributed by atoms with Crippen LogP contribution < -0.4 is 5.32 Å². The first-order chi connectivity index (χ1) is 9.57. The molecule has 1 aromatic rings. The van der Waals surface area contributed by atoms with E-state index < -0.39 is 5.54 Å². The number of rotatable bonds is 4. The summed E-state index contributed by atoms with van der Waals surface area (Å²) in [4.78, 5) is 25.4. The van der Waals surface area contributed by atoms with Crippen molar-refractivity contribution in [2.45, 2.75) is 32.2 Å². The maximum Gasteiger partial charge on any atom is 0.325 e. The standard InChI is InChI=1S/C16H18N2O2/c1-3-4-12-18-14(19)16(2,17-15(18)20)11-10-13-8-6-5-7-9-13/h5-9H,10-12H2,1-2H3,(H,17,20)/t16-/m1/s1. The average molecular weight is 270 g/mol. The van der Waals surface area contributed by atoms with Crippen molar-refractivity contribution in [3.63, 3.8) is 0 Å². The van der Waals surface area contributed by atoms with Gasteiger partial charge in [-0.05, 0) is 32.3 Å². The lowest BCUT2D eigenvalue weighted by molar-refractivity contribution is -0.130. The van der Waals surface area contributed by atoms with Gasteiger partial charge in [-0.1, -0.05) is 36.3 Å². The lowest BCUT2D eigenvalue weighted by Gasteiger charge is -2.21. The Morgan fingerprint density at radius 1 is 1.25 bits per heavy atom. The van der Waals surface area contributed by atoms with E-state index >= 15 is 0 Å². The fraction of sp³-hybridized carbons (Fsp3) is 0.375. The van der Waals surface area contributed by atoms with Crippen LogP contribution in [0.2, 0.25) is 0 Å².